The maximum Gasteiger partial charge on any atom is 0.221 e. The molecule has 0 atom stereocenters. The first-order chi connectivity index (χ1) is 9.13. The highest BCUT2D eigenvalue weighted by atomic mass is 35.5. The van der Waals surface area contributed by atoms with Crippen LogP contribution in [0.15, 0.2) is 24.4 Å². The Hall–Kier alpha value is -1.72. The van der Waals surface area contributed by atoms with Crippen LogP contribution < -0.4 is 16.4 Å². The lowest BCUT2D eigenvalue weighted by Crippen LogP contribution is -2.21. The summed E-state index contributed by atoms with van der Waals surface area (Å²) < 4.78 is 0. The van der Waals surface area contributed by atoms with Crippen molar-refractivity contribution in [2.45, 2.75) is 13.0 Å². The van der Waals surface area contributed by atoms with Crippen molar-refractivity contribution in [1.29, 1.82) is 0 Å². The van der Waals surface area contributed by atoms with Crippen molar-refractivity contribution in [3.8, 4) is 0 Å². The quantitative estimate of drug-likeness (QED) is 0.889. The fourth-order valence-electron chi connectivity index (χ4n) is 2.34. The molecule has 0 bridgehead atoms. The van der Waals surface area contributed by atoms with Crippen LogP contribution in [0, 0.1) is 0 Å². The molecule has 1 aliphatic heterocycles. The van der Waals surface area contributed by atoms with E-state index in [0.717, 1.165) is 29.2 Å². The van der Waals surface area contributed by atoms with E-state index >= 15 is 0 Å². The largest absolute Gasteiger partial charge is 0.383 e. The summed E-state index contributed by atoms with van der Waals surface area (Å²) >= 11 is 6.05. The van der Waals surface area contributed by atoms with Crippen LogP contribution in [0.25, 0.3) is 0 Å². The Morgan fingerprint density at radius 1 is 1.30 bits per heavy atom. The topological polar surface area (TPSA) is 81.1 Å². The number of rotatable bonds is 2. The number of nitrogen functional groups attached to an aromatic ring is 2. The number of hydrogen-bond acceptors (Lipinski definition) is 5. The van der Waals surface area contributed by atoms with E-state index in [9.17, 15) is 0 Å². The molecule has 3 rings (SSSR count). The lowest BCUT2D eigenvalue weighted by Gasteiger charge is -2.20. The molecule has 5 nitrogen and oxygen atoms in total. The number of nitrogens with zero attached hydrogens (tertiary/aromatic N) is 3. The van der Waals surface area contributed by atoms with Crippen LogP contribution in [-0.2, 0) is 13.0 Å². The van der Waals surface area contributed by atoms with Crippen molar-refractivity contribution in [1.82, 2.24) is 9.97 Å². The van der Waals surface area contributed by atoms with E-state index in [0.29, 0.717) is 12.4 Å². The number of aromatic nitrogens is 2. The standard InChI is InChI=1S/C13H14ClN5.ClH/c14-10-2-1-8-3-4-19(11(8)5-10)7-9-6-17-13(16)18-12(9)15;/h1-2,5-6H,3-4,7H2,(H4,15,16,17,18);1H. The smallest absolute Gasteiger partial charge is 0.221 e. The second-order valence-electron chi connectivity index (χ2n) is 4.58. The molecule has 106 valence electrons. The maximum atomic E-state index is 6.05. The summed E-state index contributed by atoms with van der Waals surface area (Å²) in [6.45, 7) is 1.61. The molecule has 0 saturated carbocycles. The minimum absolute atomic E-state index is 0. The lowest BCUT2D eigenvalue weighted by atomic mass is 10.2. The van der Waals surface area contributed by atoms with Gasteiger partial charge in [0.2, 0.25) is 5.95 Å². The molecule has 20 heavy (non-hydrogen) atoms. The lowest BCUT2D eigenvalue weighted by molar-refractivity contribution is 0.830. The normalized spacial score (nSPS) is 12.9. The molecule has 7 heteroatoms. The summed E-state index contributed by atoms with van der Waals surface area (Å²) in [5.74, 6) is 0.633. The fourth-order valence-corrected chi connectivity index (χ4v) is 2.51. The number of nitrogens with two attached hydrogens (primary N) is 2. The summed E-state index contributed by atoms with van der Waals surface area (Å²) in [5, 5.41) is 0.743. The molecular formula is C13H15Cl2N5. The molecule has 2 heterocycles. The van der Waals surface area contributed by atoms with Gasteiger partial charge in [-0.2, -0.15) is 4.98 Å². The highest BCUT2D eigenvalue weighted by Crippen LogP contribution is 2.32. The summed E-state index contributed by atoms with van der Waals surface area (Å²) in [6.07, 6.45) is 2.70. The van der Waals surface area contributed by atoms with Crippen LogP contribution in [0.1, 0.15) is 11.1 Å². The maximum absolute atomic E-state index is 6.05. The van der Waals surface area contributed by atoms with E-state index in [-0.39, 0.29) is 18.4 Å². The molecule has 1 aromatic carbocycles. The summed E-state index contributed by atoms with van der Waals surface area (Å²) in [7, 11) is 0. The number of fused-ring (bicyclic) bond motifs is 1. The molecule has 0 spiro atoms. The van der Waals surface area contributed by atoms with Crippen molar-refractivity contribution in [2.24, 2.45) is 0 Å². The van der Waals surface area contributed by atoms with E-state index < -0.39 is 0 Å². The Morgan fingerprint density at radius 3 is 2.85 bits per heavy atom. The molecule has 4 N–H and O–H groups in total. The Labute approximate surface area is 128 Å². The van der Waals surface area contributed by atoms with Crippen molar-refractivity contribution in [3.63, 3.8) is 0 Å². The predicted molar refractivity (Wildman–Crippen MR) is 84.3 cm³/mol. The van der Waals surface area contributed by atoms with Gasteiger partial charge in [-0.3, -0.25) is 0 Å². The zero-order valence-corrected chi connectivity index (χ0v) is 12.3. The Balaban J connectivity index is 0.00000147. The van der Waals surface area contributed by atoms with Gasteiger partial charge in [0.1, 0.15) is 5.82 Å². The van der Waals surface area contributed by atoms with E-state index in [1.54, 1.807) is 6.20 Å². The van der Waals surface area contributed by atoms with Gasteiger partial charge in [0.05, 0.1) is 0 Å². The van der Waals surface area contributed by atoms with E-state index in [1.165, 1.54) is 5.56 Å². The summed E-state index contributed by atoms with van der Waals surface area (Å²) in [5.41, 5.74) is 14.7. The average Bonchev–Trinajstić information content (AvgIpc) is 2.75. The zero-order chi connectivity index (χ0) is 13.4. The van der Waals surface area contributed by atoms with Gasteiger partial charge in [0.25, 0.3) is 0 Å². The molecule has 0 aliphatic carbocycles. The van der Waals surface area contributed by atoms with Gasteiger partial charge in [-0.15, -0.1) is 12.4 Å². The predicted octanol–water partition coefficient (Wildman–Crippen LogP) is 2.28. The molecule has 0 radical (unpaired) electrons. The van der Waals surface area contributed by atoms with Crippen LogP contribution in [0.5, 0.6) is 0 Å². The third kappa shape index (κ3) is 2.73. The van der Waals surface area contributed by atoms with Crippen molar-refractivity contribution in [3.05, 3.63) is 40.5 Å². The first kappa shape index (κ1) is 14.7. The molecule has 1 aromatic heterocycles. The first-order valence-electron chi connectivity index (χ1n) is 6.04. The van der Waals surface area contributed by atoms with Crippen LogP contribution in [0.3, 0.4) is 0 Å². The molecule has 0 amide bonds. The first-order valence-corrected chi connectivity index (χ1v) is 6.41. The number of hydrogen-bond donors (Lipinski definition) is 2. The van der Waals surface area contributed by atoms with Crippen LogP contribution in [0.2, 0.25) is 5.02 Å². The summed E-state index contributed by atoms with van der Waals surface area (Å²) in [4.78, 5) is 10.2. The second kappa shape index (κ2) is 5.73. The number of benzene rings is 1. The molecular weight excluding hydrogens is 297 g/mol. The van der Waals surface area contributed by atoms with E-state index in [4.69, 9.17) is 23.1 Å². The van der Waals surface area contributed by atoms with Crippen LogP contribution in [0.4, 0.5) is 17.5 Å². The molecule has 0 fully saturated rings. The monoisotopic (exact) mass is 311 g/mol. The molecule has 0 saturated heterocycles. The Bertz CT molecular complexity index is 632. The minimum atomic E-state index is 0. The fraction of sp³-hybridized carbons (Fsp3) is 0.231. The van der Waals surface area contributed by atoms with Crippen molar-refractivity contribution < 1.29 is 0 Å². The zero-order valence-electron chi connectivity index (χ0n) is 10.7. The average molecular weight is 312 g/mol. The Morgan fingerprint density at radius 2 is 2.10 bits per heavy atom. The van der Waals surface area contributed by atoms with Crippen molar-refractivity contribution >= 4 is 41.5 Å². The van der Waals surface area contributed by atoms with Gasteiger partial charge in [-0.05, 0) is 24.1 Å². The van der Waals surface area contributed by atoms with E-state index in [2.05, 4.69) is 20.9 Å². The third-order valence-corrected chi connectivity index (χ3v) is 3.55. The van der Waals surface area contributed by atoms with Crippen molar-refractivity contribution in [2.75, 3.05) is 22.9 Å². The van der Waals surface area contributed by atoms with Gasteiger partial charge in [0.15, 0.2) is 0 Å². The SMILES string of the molecule is Cl.Nc1ncc(CN2CCc3ccc(Cl)cc32)c(N)n1. The highest BCUT2D eigenvalue weighted by molar-refractivity contribution is 6.30. The van der Waals surface area contributed by atoms with Crippen LogP contribution >= 0.6 is 24.0 Å². The van der Waals surface area contributed by atoms with Crippen LogP contribution in [-0.4, -0.2) is 16.5 Å². The summed E-state index contributed by atoms with van der Waals surface area (Å²) in [6, 6.07) is 5.98. The highest BCUT2D eigenvalue weighted by Gasteiger charge is 2.20. The molecule has 2 aromatic rings. The molecule has 0 unspecified atom stereocenters. The van der Waals surface area contributed by atoms with Gasteiger partial charge in [0, 0.05) is 35.6 Å². The van der Waals surface area contributed by atoms with Gasteiger partial charge in [-0.25, -0.2) is 4.98 Å². The van der Waals surface area contributed by atoms with E-state index in [1.807, 2.05) is 12.1 Å². The third-order valence-electron chi connectivity index (χ3n) is 3.32. The van der Waals surface area contributed by atoms with Gasteiger partial charge in [-0.1, -0.05) is 17.7 Å². The van der Waals surface area contributed by atoms with Gasteiger partial charge < -0.3 is 16.4 Å². The van der Waals surface area contributed by atoms with Gasteiger partial charge >= 0.3 is 0 Å². The molecule has 1 aliphatic rings. The Kier molecular flexibility index (Phi) is 4.20. The second-order valence-corrected chi connectivity index (χ2v) is 5.02. The number of halogens is 2. The number of anilines is 3. The minimum Gasteiger partial charge on any atom is -0.383 e.